The molecule has 1 aromatic carbocycles. The van der Waals surface area contributed by atoms with E-state index in [2.05, 4.69) is 22.5 Å². The second-order valence-electron chi connectivity index (χ2n) is 7.27. The Morgan fingerprint density at radius 2 is 2.00 bits per heavy atom. The van der Waals surface area contributed by atoms with Crippen molar-refractivity contribution >= 4 is 29.9 Å². The number of aliphatic hydroxyl groups excluding tert-OH is 1. The van der Waals surface area contributed by atoms with E-state index in [1.165, 1.54) is 25.7 Å². The Bertz CT molecular complexity index is 594. The average Bonchev–Trinajstić information content (AvgIpc) is 3.25. The minimum absolute atomic E-state index is 0. The van der Waals surface area contributed by atoms with E-state index in [4.69, 9.17) is 9.47 Å². The van der Waals surface area contributed by atoms with Crippen molar-refractivity contribution in [3.05, 3.63) is 29.8 Å². The Morgan fingerprint density at radius 1 is 1.24 bits per heavy atom. The van der Waals surface area contributed by atoms with Gasteiger partial charge >= 0.3 is 0 Å². The van der Waals surface area contributed by atoms with E-state index >= 15 is 0 Å². The lowest BCUT2D eigenvalue weighted by molar-refractivity contribution is 0.0169. The Kier molecular flexibility index (Phi) is 13.3. The average molecular weight is 519 g/mol. The SMILES string of the molecule is CCNC(=NCC(O)c1cccc(OC)c1)NCCC(OCC)C1CCCC1.I. The van der Waals surface area contributed by atoms with Gasteiger partial charge in [0.05, 0.1) is 25.9 Å². The highest BCUT2D eigenvalue weighted by molar-refractivity contribution is 14.0. The molecule has 0 heterocycles. The van der Waals surface area contributed by atoms with Gasteiger partial charge in [-0.3, -0.25) is 4.99 Å². The highest BCUT2D eigenvalue weighted by Crippen LogP contribution is 2.30. The molecule has 29 heavy (non-hydrogen) atoms. The molecule has 6 nitrogen and oxygen atoms in total. The van der Waals surface area contributed by atoms with E-state index < -0.39 is 6.10 Å². The molecule has 166 valence electrons. The lowest BCUT2D eigenvalue weighted by Gasteiger charge is -2.24. The second-order valence-corrected chi connectivity index (χ2v) is 7.27. The molecule has 7 heteroatoms. The highest BCUT2D eigenvalue weighted by Gasteiger charge is 2.25. The number of aliphatic hydroxyl groups is 1. The van der Waals surface area contributed by atoms with Gasteiger partial charge in [0, 0.05) is 19.7 Å². The molecular formula is C22H38IN3O3. The third-order valence-electron chi connectivity index (χ3n) is 5.27. The van der Waals surface area contributed by atoms with Gasteiger partial charge in [-0.1, -0.05) is 25.0 Å². The van der Waals surface area contributed by atoms with E-state index in [1.54, 1.807) is 7.11 Å². The molecule has 0 bridgehead atoms. The first-order valence-corrected chi connectivity index (χ1v) is 10.6. The molecule has 0 amide bonds. The summed E-state index contributed by atoms with van der Waals surface area (Å²) in [5.41, 5.74) is 0.802. The zero-order valence-corrected chi connectivity index (χ0v) is 20.4. The third kappa shape index (κ3) is 9.09. The van der Waals surface area contributed by atoms with Crippen LogP contribution >= 0.6 is 24.0 Å². The quantitative estimate of drug-likeness (QED) is 0.235. The van der Waals surface area contributed by atoms with E-state index in [0.29, 0.717) is 18.6 Å². The Hall–Kier alpha value is -1.06. The van der Waals surface area contributed by atoms with Crippen molar-refractivity contribution in [2.45, 2.75) is 58.2 Å². The van der Waals surface area contributed by atoms with Crippen molar-refractivity contribution < 1.29 is 14.6 Å². The summed E-state index contributed by atoms with van der Waals surface area (Å²) in [5, 5.41) is 17.1. The number of guanidine groups is 1. The van der Waals surface area contributed by atoms with Gasteiger partial charge in [0.25, 0.3) is 0 Å². The van der Waals surface area contributed by atoms with Crippen LogP contribution in [0.15, 0.2) is 29.3 Å². The Balaban J connectivity index is 0.00000420. The number of rotatable bonds is 11. The zero-order chi connectivity index (χ0) is 20.2. The molecule has 3 N–H and O–H groups in total. The van der Waals surface area contributed by atoms with E-state index in [1.807, 2.05) is 31.2 Å². The Morgan fingerprint density at radius 3 is 2.66 bits per heavy atom. The van der Waals surface area contributed by atoms with E-state index in [9.17, 15) is 5.11 Å². The van der Waals surface area contributed by atoms with Crippen LogP contribution in [0.1, 0.15) is 57.6 Å². The molecule has 0 aliphatic heterocycles. The lowest BCUT2D eigenvalue weighted by Crippen LogP contribution is -2.39. The van der Waals surface area contributed by atoms with Crippen molar-refractivity contribution in [1.29, 1.82) is 0 Å². The molecule has 0 spiro atoms. The minimum Gasteiger partial charge on any atom is -0.497 e. The molecule has 2 atom stereocenters. The molecule has 1 aliphatic carbocycles. The fourth-order valence-corrected chi connectivity index (χ4v) is 3.80. The zero-order valence-electron chi connectivity index (χ0n) is 18.0. The molecule has 0 radical (unpaired) electrons. The van der Waals surface area contributed by atoms with Gasteiger partial charge in [0.15, 0.2) is 5.96 Å². The number of aliphatic imine (C=N–C) groups is 1. The monoisotopic (exact) mass is 519 g/mol. The van der Waals surface area contributed by atoms with Gasteiger partial charge in [0.2, 0.25) is 0 Å². The van der Waals surface area contributed by atoms with Crippen LogP contribution in [-0.4, -0.2) is 50.5 Å². The van der Waals surface area contributed by atoms with Crippen LogP contribution in [0.4, 0.5) is 0 Å². The van der Waals surface area contributed by atoms with Crippen LogP contribution in [0, 0.1) is 5.92 Å². The van der Waals surface area contributed by atoms with Crippen molar-refractivity contribution in [3.63, 3.8) is 0 Å². The first kappa shape index (κ1) is 26.0. The second kappa shape index (κ2) is 14.8. The number of nitrogens with one attached hydrogen (secondary N) is 2. The van der Waals surface area contributed by atoms with Gasteiger partial charge in [-0.05, 0) is 56.7 Å². The molecule has 1 aromatic rings. The largest absolute Gasteiger partial charge is 0.497 e. The molecule has 2 unspecified atom stereocenters. The van der Waals surface area contributed by atoms with E-state index in [0.717, 1.165) is 43.4 Å². The maximum Gasteiger partial charge on any atom is 0.191 e. The van der Waals surface area contributed by atoms with Gasteiger partial charge in [0.1, 0.15) is 5.75 Å². The summed E-state index contributed by atoms with van der Waals surface area (Å²) in [5.74, 6) is 2.15. The lowest BCUT2D eigenvalue weighted by atomic mass is 9.98. The predicted octanol–water partition coefficient (Wildman–Crippen LogP) is 3.89. The number of methoxy groups -OCH3 is 1. The summed E-state index contributed by atoms with van der Waals surface area (Å²) < 4.78 is 11.2. The van der Waals surface area contributed by atoms with E-state index in [-0.39, 0.29) is 24.0 Å². The smallest absolute Gasteiger partial charge is 0.191 e. The fraction of sp³-hybridized carbons (Fsp3) is 0.682. The molecule has 0 aromatic heterocycles. The van der Waals surface area contributed by atoms with Crippen LogP contribution in [0.3, 0.4) is 0 Å². The molecule has 1 aliphatic rings. The first-order chi connectivity index (χ1) is 13.7. The van der Waals surface area contributed by atoms with Crippen LogP contribution in [0.5, 0.6) is 5.75 Å². The van der Waals surface area contributed by atoms with Crippen molar-refractivity contribution in [2.75, 3.05) is 33.4 Å². The van der Waals surface area contributed by atoms with Crippen molar-refractivity contribution in [2.24, 2.45) is 10.9 Å². The van der Waals surface area contributed by atoms with Gasteiger partial charge in [-0.25, -0.2) is 0 Å². The van der Waals surface area contributed by atoms with Gasteiger partial charge in [-0.2, -0.15) is 0 Å². The standard InChI is InChI=1S/C22H37N3O3.HI/c1-4-23-22(24-14-13-21(28-5-2)17-9-6-7-10-17)25-16-20(26)18-11-8-12-19(15-18)27-3;/h8,11-12,15,17,20-21,26H,4-7,9-10,13-14,16H2,1-3H3,(H2,23,24,25);1H. The van der Waals surface area contributed by atoms with Gasteiger partial charge < -0.3 is 25.2 Å². The number of hydrogen-bond donors (Lipinski definition) is 3. The molecule has 1 fully saturated rings. The highest BCUT2D eigenvalue weighted by atomic mass is 127. The summed E-state index contributed by atoms with van der Waals surface area (Å²) in [6.45, 7) is 6.75. The number of nitrogens with zero attached hydrogens (tertiary/aromatic N) is 1. The summed E-state index contributed by atoms with van der Waals surface area (Å²) in [7, 11) is 1.62. The number of ether oxygens (including phenoxy) is 2. The summed E-state index contributed by atoms with van der Waals surface area (Å²) in [6, 6.07) is 7.47. The Labute approximate surface area is 192 Å². The van der Waals surface area contributed by atoms with Crippen LogP contribution in [0.25, 0.3) is 0 Å². The minimum atomic E-state index is -0.666. The molecule has 0 saturated heterocycles. The maximum absolute atomic E-state index is 10.4. The first-order valence-electron chi connectivity index (χ1n) is 10.6. The molecular weight excluding hydrogens is 481 g/mol. The third-order valence-corrected chi connectivity index (χ3v) is 5.27. The number of benzene rings is 1. The molecule has 2 rings (SSSR count). The number of halogens is 1. The van der Waals surface area contributed by atoms with Crippen LogP contribution < -0.4 is 15.4 Å². The van der Waals surface area contributed by atoms with Crippen LogP contribution in [0.2, 0.25) is 0 Å². The molecule has 1 saturated carbocycles. The topological polar surface area (TPSA) is 75.1 Å². The van der Waals surface area contributed by atoms with Crippen molar-refractivity contribution in [1.82, 2.24) is 10.6 Å². The predicted molar refractivity (Wildman–Crippen MR) is 129 cm³/mol. The summed E-state index contributed by atoms with van der Waals surface area (Å²) >= 11 is 0. The fourth-order valence-electron chi connectivity index (χ4n) is 3.80. The normalized spacial score (nSPS) is 16.8. The number of hydrogen-bond acceptors (Lipinski definition) is 4. The summed E-state index contributed by atoms with van der Waals surface area (Å²) in [4.78, 5) is 4.55. The summed E-state index contributed by atoms with van der Waals surface area (Å²) in [6.07, 6.45) is 5.85. The van der Waals surface area contributed by atoms with Crippen molar-refractivity contribution in [3.8, 4) is 5.75 Å². The van der Waals surface area contributed by atoms with Crippen LogP contribution in [-0.2, 0) is 4.74 Å². The van der Waals surface area contributed by atoms with Gasteiger partial charge in [-0.15, -0.1) is 24.0 Å². The maximum atomic E-state index is 10.4.